The van der Waals surface area contributed by atoms with E-state index in [2.05, 4.69) is 0 Å². The maximum Gasteiger partial charge on any atom is 0.132 e. The van der Waals surface area contributed by atoms with E-state index < -0.39 is 0 Å². The molecule has 16 heavy (non-hydrogen) atoms. The third-order valence-corrected chi connectivity index (χ3v) is 2.72. The van der Waals surface area contributed by atoms with Crippen LogP contribution in [-0.2, 0) is 9.59 Å². The second-order valence-corrected chi connectivity index (χ2v) is 4.49. The Balaban J connectivity index is 3.21. The van der Waals surface area contributed by atoms with Crippen molar-refractivity contribution < 1.29 is 9.59 Å². The van der Waals surface area contributed by atoms with Crippen LogP contribution in [0.4, 0.5) is 0 Å². The standard InChI is InChI=1S/C14H26O2/c1-3-9-13(15)11-7-5-6-8-12-14(16)10-4-2/h3-12H2,1-2H3. The SMILES string of the molecule is CCCC(=O)CCCCCCC(=O)CCC. The van der Waals surface area contributed by atoms with Gasteiger partial charge < -0.3 is 0 Å². The third-order valence-electron chi connectivity index (χ3n) is 2.72. The molecule has 0 aromatic heterocycles. The average Bonchev–Trinajstić information content (AvgIpc) is 2.24. The van der Waals surface area contributed by atoms with Crippen LogP contribution in [0.1, 0.15) is 78.1 Å². The summed E-state index contributed by atoms with van der Waals surface area (Å²) in [4.78, 5) is 22.4. The van der Waals surface area contributed by atoms with Crippen molar-refractivity contribution >= 4 is 11.6 Å². The topological polar surface area (TPSA) is 34.1 Å². The van der Waals surface area contributed by atoms with Crippen LogP contribution >= 0.6 is 0 Å². The van der Waals surface area contributed by atoms with Crippen molar-refractivity contribution in [3.63, 3.8) is 0 Å². The fraction of sp³-hybridized carbons (Fsp3) is 0.857. The molecule has 0 aliphatic carbocycles. The Hall–Kier alpha value is -0.660. The van der Waals surface area contributed by atoms with E-state index in [1.165, 1.54) is 0 Å². The van der Waals surface area contributed by atoms with Crippen LogP contribution in [-0.4, -0.2) is 11.6 Å². The average molecular weight is 226 g/mol. The summed E-state index contributed by atoms with van der Waals surface area (Å²) in [5.41, 5.74) is 0. The highest BCUT2D eigenvalue weighted by Gasteiger charge is 2.01. The highest BCUT2D eigenvalue weighted by atomic mass is 16.1. The molecule has 0 atom stereocenters. The first-order valence-corrected chi connectivity index (χ1v) is 6.74. The van der Waals surface area contributed by atoms with E-state index in [1.807, 2.05) is 13.8 Å². The molecule has 0 unspecified atom stereocenters. The van der Waals surface area contributed by atoms with Crippen molar-refractivity contribution in [3.8, 4) is 0 Å². The van der Waals surface area contributed by atoms with E-state index >= 15 is 0 Å². The molecule has 0 spiro atoms. The zero-order chi connectivity index (χ0) is 12.2. The molecule has 0 amide bonds. The van der Waals surface area contributed by atoms with Crippen LogP contribution < -0.4 is 0 Å². The van der Waals surface area contributed by atoms with Gasteiger partial charge in [-0.1, -0.05) is 26.7 Å². The van der Waals surface area contributed by atoms with Crippen molar-refractivity contribution in [2.75, 3.05) is 0 Å². The van der Waals surface area contributed by atoms with Gasteiger partial charge in [0.2, 0.25) is 0 Å². The van der Waals surface area contributed by atoms with Crippen molar-refractivity contribution in [2.45, 2.75) is 78.1 Å². The van der Waals surface area contributed by atoms with Crippen LogP contribution in [0.25, 0.3) is 0 Å². The molecule has 94 valence electrons. The lowest BCUT2D eigenvalue weighted by molar-refractivity contribution is -0.120. The lowest BCUT2D eigenvalue weighted by atomic mass is 10.0. The van der Waals surface area contributed by atoms with E-state index in [-0.39, 0.29) is 0 Å². The number of hydrogen-bond donors (Lipinski definition) is 0. The molecule has 0 heterocycles. The van der Waals surface area contributed by atoms with Crippen molar-refractivity contribution in [1.29, 1.82) is 0 Å². The first-order chi connectivity index (χ1) is 7.70. The summed E-state index contributed by atoms with van der Waals surface area (Å²) in [6.45, 7) is 4.08. The Morgan fingerprint density at radius 1 is 0.625 bits per heavy atom. The van der Waals surface area contributed by atoms with E-state index in [0.29, 0.717) is 11.6 Å². The molecule has 0 N–H and O–H groups in total. The molecule has 0 radical (unpaired) electrons. The predicted molar refractivity (Wildman–Crippen MR) is 67.5 cm³/mol. The molecular formula is C14H26O2. The first kappa shape index (κ1) is 15.3. The summed E-state index contributed by atoms with van der Waals surface area (Å²) in [5, 5.41) is 0. The number of unbranched alkanes of at least 4 members (excludes halogenated alkanes) is 3. The molecule has 0 aliphatic rings. The monoisotopic (exact) mass is 226 g/mol. The fourth-order valence-electron chi connectivity index (χ4n) is 1.81. The van der Waals surface area contributed by atoms with Crippen LogP contribution in [0, 0.1) is 0 Å². The van der Waals surface area contributed by atoms with Gasteiger partial charge >= 0.3 is 0 Å². The minimum absolute atomic E-state index is 0.393. The van der Waals surface area contributed by atoms with Gasteiger partial charge in [0.05, 0.1) is 0 Å². The zero-order valence-corrected chi connectivity index (χ0v) is 10.9. The molecule has 2 nitrogen and oxygen atoms in total. The second kappa shape index (κ2) is 10.8. The largest absolute Gasteiger partial charge is 0.300 e. The maximum atomic E-state index is 11.2. The second-order valence-electron chi connectivity index (χ2n) is 4.49. The summed E-state index contributed by atoms with van der Waals surface area (Å²) in [5.74, 6) is 0.786. The highest BCUT2D eigenvalue weighted by molar-refractivity contribution is 5.78. The van der Waals surface area contributed by atoms with Crippen LogP contribution in [0.15, 0.2) is 0 Å². The van der Waals surface area contributed by atoms with E-state index in [9.17, 15) is 9.59 Å². The van der Waals surface area contributed by atoms with Crippen LogP contribution in [0.5, 0.6) is 0 Å². The van der Waals surface area contributed by atoms with Crippen LogP contribution in [0.2, 0.25) is 0 Å². The Morgan fingerprint density at radius 2 is 1.00 bits per heavy atom. The highest BCUT2D eigenvalue weighted by Crippen LogP contribution is 2.08. The molecule has 0 aliphatic heterocycles. The molecule has 0 bridgehead atoms. The van der Waals surface area contributed by atoms with Gasteiger partial charge in [0.25, 0.3) is 0 Å². The van der Waals surface area contributed by atoms with Gasteiger partial charge in [-0.15, -0.1) is 0 Å². The Kier molecular flexibility index (Phi) is 10.4. The minimum Gasteiger partial charge on any atom is -0.300 e. The molecule has 0 aromatic rings. The van der Waals surface area contributed by atoms with Gasteiger partial charge in [0.15, 0.2) is 0 Å². The molecule has 0 rings (SSSR count). The summed E-state index contributed by atoms with van der Waals surface area (Å²) in [6, 6.07) is 0. The molecule has 0 saturated heterocycles. The van der Waals surface area contributed by atoms with Crippen molar-refractivity contribution in [3.05, 3.63) is 0 Å². The Morgan fingerprint density at radius 3 is 1.31 bits per heavy atom. The number of carbonyl (C=O) groups excluding carboxylic acids is 2. The number of ketones is 2. The molecule has 2 heteroatoms. The molecule has 0 saturated carbocycles. The van der Waals surface area contributed by atoms with Gasteiger partial charge in [0.1, 0.15) is 11.6 Å². The van der Waals surface area contributed by atoms with Gasteiger partial charge in [0, 0.05) is 25.7 Å². The lowest BCUT2D eigenvalue weighted by Gasteiger charge is -2.01. The smallest absolute Gasteiger partial charge is 0.132 e. The maximum absolute atomic E-state index is 11.2. The fourth-order valence-corrected chi connectivity index (χ4v) is 1.81. The Bertz CT molecular complexity index is 175. The summed E-state index contributed by atoms with van der Waals surface area (Å²) in [7, 11) is 0. The summed E-state index contributed by atoms with van der Waals surface area (Å²) < 4.78 is 0. The van der Waals surface area contributed by atoms with Gasteiger partial charge in [-0.05, 0) is 25.7 Å². The van der Waals surface area contributed by atoms with Gasteiger partial charge in [-0.3, -0.25) is 9.59 Å². The quantitative estimate of drug-likeness (QED) is 0.498. The predicted octanol–water partition coefficient (Wildman–Crippen LogP) is 4.07. The number of Topliss-reactive ketones (excluding diaryl/α,β-unsaturated/α-hetero) is 2. The zero-order valence-electron chi connectivity index (χ0n) is 10.9. The van der Waals surface area contributed by atoms with Gasteiger partial charge in [-0.2, -0.15) is 0 Å². The minimum atomic E-state index is 0.393. The number of hydrogen-bond acceptors (Lipinski definition) is 2. The molecular weight excluding hydrogens is 200 g/mol. The lowest BCUT2D eigenvalue weighted by Crippen LogP contribution is -1.98. The summed E-state index contributed by atoms with van der Waals surface area (Å²) >= 11 is 0. The summed E-state index contributed by atoms with van der Waals surface area (Å²) in [6.07, 6.45) is 9.04. The van der Waals surface area contributed by atoms with Crippen molar-refractivity contribution in [1.82, 2.24) is 0 Å². The number of rotatable bonds is 11. The number of carbonyl (C=O) groups is 2. The third kappa shape index (κ3) is 9.88. The van der Waals surface area contributed by atoms with E-state index in [0.717, 1.165) is 64.2 Å². The van der Waals surface area contributed by atoms with Crippen LogP contribution in [0.3, 0.4) is 0 Å². The Labute approximate surface area is 99.8 Å². The molecule has 0 fully saturated rings. The van der Waals surface area contributed by atoms with E-state index in [4.69, 9.17) is 0 Å². The first-order valence-electron chi connectivity index (χ1n) is 6.74. The van der Waals surface area contributed by atoms with Gasteiger partial charge in [-0.25, -0.2) is 0 Å². The normalized spacial score (nSPS) is 10.4. The van der Waals surface area contributed by atoms with Crippen molar-refractivity contribution in [2.24, 2.45) is 0 Å². The molecule has 0 aromatic carbocycles. The van der Waals surface area contributed by atoms with E-state index in [1.54, 1.807) is 0 Å².